The number of anilines is 3. The van der Waals surface area contributed by atoms with E-state index in [1.165, 1.54) is 83.5 Å². The lowest BCUT2D eigenvalue weighted by Gasteiger charge is -2.35. The molecule has 0 fully saturated rings. The van der Waals surface area contributed by atoms with Crippen molar-refractivity contribution in [2.75, 3.05) is 4.90 Å². The van der Waals surface area contributed by atoms with Crippen molar-refractivity contribution in [2.45, 2.75) is 17.8 Å². The summed E-state index contributed by atoms with van der Waals surface area (Å²) in [6, 6.07) is 94.0. The fourth-order valence-electron chi connectivity index (χ4n) is 11.0. The van der Waals surface area contributed by atoms with Crippen molar-refractivity contribution >= 4 is 17.1 Å². The molecule has 2 aliphatic rings. The Bertz CT molecular complexity index is 3260. The van der Waals surface area contributed by atoms with Gasteiger partial charge in [-0.2, -0.15) is 0 Å². The molecule has 1 unspecified atom stereocenters. The topological polar surface area (TPSA) is 3.24 Å². The summed E-state index contributed by atoms with van der Waals surface area (Å²) in [5, 5.41) is 0. The smallest absolute Gasteiger partial charge is 0.0714 e. The fourth-order valence-corrected chi connectivity index (χ4v) is 11.0. The van der Waals surface area contributed by atoms with E-state index in [9.17, 15) is 0 Å². The molecule has 1 atom stereocenters. The first-order chi connectivity index (χ1) is 31.6. The Balaban J connectivity index is 1.01. The molecule has 0 radical (unpaired) electrons. The molecule has 10 aromatic rings. The highest BCUT2D eigenvalue weighted by Gasteiger charge is 2.46. The zero-order chi connectivity index (χ0) is 42.7. The lowest BCUT2D eigenvalue weighted by atomic mass is 9.67. The number of nitrogens with zero attached hydrogens (tertiary/aromatic N) is 1. The van der Waals surface area contributed by atoms with Gasteiger partial charge < -0.3 is 4.90 Å². The highest BCUT2D eigenvalue weighted by molar-refractivity contribution is 5.91. The molecule has 1 heteroatoms. The van der Waals surface area contributed by atoms with Gasteiger partial charge in [0, 0.05) is 22.5 Å². The number of hydrogen-bond acceptors (Lipinski definition) is 1. The van der Waals surface area contributed by atoms with Crippen LogP contribution in [0.1, 0.15) is 45.9 Å². The van der Waals surface area contributed by atoms with Gasteiger partial charge in [0.15, 0.2) is 0 Å². The van der Waals surface area contributed by atoms with E-state index in [2.05, 4.69) is 267 Å². The van der Waals surface area contributed by atoms with Crippen LogP contribution >= 0.6 is 0 Å². The van der Waals surface area contributed by atoms with Crippen molar-refractivity contribution < 1.29 is 0 Å². The van der Waals surface area contributed by atoms with Crippen LogP contribution < -0.4 is 4.90 Å². The molecule has 302 valence electrons. The van der Waals surface area contributed by atoms with Gasteiger partial charge >= 0.3 is 0 Å². The normalized spacial score (nSPS) is 15.1. The van der Waals surface area contributed by atoms with Gasteiger partial charge in [-0.25, -0.2) is 0 Å². The third kappa shape index (κ3) is 5.78. The number of rotatable bonds is 8. The molecule has 0 saturated heterocycles. The Labute approximate surface area is 376 Å². The van der Waals surface area contributed by atoms with Crippen molar-refractivity contribution in [3.05, 3.63) is 294 Å². The SMILES string of the molecule is CC1(c2ccccc2)c2ccccc2-c2ccc(-c3ccc(N(c4ccc(-c5ccccc5)cc4)c4ccc5c(c4)C(c4ccccc4)(c4ccccc4)c4ccccc4-5)cc3)cc21. The summed E-state index contributed by atoms with van der Waals surface area (Å²) in [5.74, 6) is 0. The third-order valence-corrected chi connectivity index (χ3v) is 14.1. The summed E-state index contributed by atoms with van der Waals surface area (Å²) in [6.45, 7) is 2.39. The van der Waals surface area contributed by atoms with Gasteiger partial charge in [0.1, 0.15) is 0 Å². The highest BCUT2D eigenvalue weighted by Crippen LogP contribution is 2.58. The first-order valence-corrected chi connectivity index (χ1v) is 22.3. The number of fused-ring (bicyclic) bond motifs is 6. The van der Waals surface area contributed by atoms with Gasteiger partial charge in [0.25, 0.3) is 0 Å². The van der Waals surface area contributed by atoms with Crippen molar-refractivity contribution in [2.24, 2.45) is 0 Å². The van der Waals surface area contributed by atoms with Crippen molar-refractivity contribution in [3.63, 3.8) is 0 Å². The lowest BCUT2D eigenvalue weighted by Crippen LogP contribution is -2.28. The molecule has 2 aliphatic carbocycles. The number of hydrogen-bond donors (Lipinski definition) is 0. The second-order valence-corrected chi connectivity index (χ2v) is 17.3. The van der Waals surface area contributed by atoms with Crippen LogP contribution in [0.2, 0.25) is 0 Å². The van der Waals surface area contributed by atoms with E-state index in [0.717, 1.165) is 17.1 Å². The van der Waals surface area contributed by atoms with Crippen molar-refractivity contribution in [1.82, 2.24) is 0 Å². The van der Waals surface area contributed by atoms with Gasteiger partial charge in [-0.1, -0.05) is 212 Å². The zero-order valence-electron chi connectivity index (χ0n) is 35.7. The lowest BCUT2D eigenvalue weighted by molar-refractivity contribution is 0.714. The first kappa shape index (κ1) is 37.7. The molecule has 0 amide bonds. The largest absolute Gasteiger partial charge is 0.310 e. The summed E-state index contributed by atoms with van der Waals surface area (Å²) < 4.78 is 0. The minimum Gasteiger partial charge on any atom is -0.310 e. The van der Waals surface area contributed by atoms with E-state index in [4.69, 9.17) is 0 Å². The van der Waals surface area contributed by atoms with Gasteiger partial charge in [0.05, 0.1) is 5.41 Å². The predicted octanol–water partition coefficient (Wildman–Crippen LogP) is 16.2. The van der Waals surface area contributed by atoms with Gasteiger partial charge in [0.2, 0.25) is 0 Å². The molecule has 10 aromatic carbocycles. The van der Waals surface area contributed by atoms with Crippen molar-refractivity contribution in [3.8, 4) is 44.5 Å². The van der Waals surface area contributed by atoms with Crippen LogP contribution in [0.25, 0.3) is 44.5 Å². The Morgan fingerprint density at radius 1 is 0.266 bits per heavy atom. The summed E-state index contributed by atoms with van der Waals surface area (Å²) in [4.78, 5) is 2.42. The maximum absolute atomic E-state index is 2.46. The molecule has 1 nitrogen and oxygen atoms in total. The Morgan fingerprint density at radius 3 is 1.25 bits per heavy atom. The van der Waals surface area contributed by atoms with Crippen LogP contribution in [0.4, 0.5) is 17.1 Å². The molecule has 0 saturated carbocycles. The standard InChI is InChI=1S/C63H45N/c1-62(48-20-8-3-9-21-48)58-28-16-14-26-54(58)56-40-34-47(42-60(56)62)46-32-37-52(38-33-46)64(51-35-30-45(31-36-51)44-18-6-2-7-19-44)53-39-41-57-55-27-15-17-29-59(55)63(61(57)43-53,49-22-10-4-11-23-49)50-24-12-5-13-25-50/h2-43H,1H3. The quantitative estimate of drug-likeness (QED) is 0.148. The van der Waals surface area contributed by atoms with Crippen LogP contribution in [0.15, 0.2) is 255 Å². The van der Waals surface area contributed by atoms with E-state index < -0.39 is 5.41 Å². The fraction of sp³-hybridized carbons (Fsp3) is 0.0476. The minimum absolute atomic E-state index is 0.256. The van der Waals surface area contributed by atoms with Crippen molar-refractivity contribution in [1.29, 1.82) is 0 Å². The molecular formula is C63H45N. The summed E-state index contributed by atoms with van der Waals surface area (Å²) in [5.41, 5.74) is 21.6. The maximum atomic E-state index is 2.46. The molecular weight excluding hydrogens is 771 g/mol. The third-order valence-electron chi connectivity index (χ3n) is 14.1. The molecule has 0 aromatic heterocycles. The van der Waals surface area contributed by atoms with Crippen LogP contribution in [0.5, 0.6) is 0 Å². The van der Waals surface area contributed by atoms with Crippen LogP contribution in [0.3, 0.4) is 0 Å². The second kappa shape index (κ2) is 15.1. The molecule has 0 N–H and O–H groups in total. The average molecular weight is 816 g/mol. The van der Waals surface area contributed by atoms with E-state index in [1.807, 2.05) is 0 Å². The van der Waals surface area contributed by atoms with E-state index >= 15 is 0 Å². The molecule has 64 heavy (non-hydrogen) atoms. The Hall–Kier alpha value is -8.00. The second-order valence-electron chi connectivity index (χ2n) is 17.3. The summed E-state index contributed by atoms with van der Waals surface area (Å²) in [7, 11) is 0. The molecule has 0 bridgehead atoms. The van der Waals surface area contributed by atoms with Gasteiger partial charge in [-0.05, 0) is 133 Å². The molecule has 12 rings (SSSR count). The van der Waals surface area contributed by atoms with E-state index in [-0.39, 0.29) is 5.41 Å². The molecule has 0 aliphatic heterocycles. The Morgan fingerprint density at radius 2 is 0.656 bits per heavy atom. The summed E-state index contributed by atoms with van der Waals surface area (Å²) in [6.07, 6.45) is 0. The maximum Gasteiger partial charge on any atom is 0.0714 e. The van der Waals surface area contributed by atoms with Crippen LogP contribution in [-0.4, -0.2) is 0 Å². The minimum atomic E-state index is -0.501. The first-order valence-electron chi connectivity index (χ1n) is 22.3. The van der Waals surface area contributed by atoms with Gasteiger partial charge in [-0.15, -0.1) is 0 Å². The average Bonchev–Trinajstić information content (AvgIpc) is 3.82. The van der Waals surface area contributed by atoms with Gasteiger partial charge in [-0.3, -0.25) is 0 Å². The van der Waals surface area contributed by atoms with Crippen LogP contribution in [-0.2, 0) is 10.8 Å². The molecule has 0 heterocycles. The monoisotopic (exact) mass is 815 g/mol. The number of benzene rings is 10. The van der Waals surface area contributed by atoms with E-state index in [0.29, 0.717) is 0 Å². The van der Waals surface area contributed by atoms with Crippen LogP contribution in [0, 0.1) is 0 Å². The Kier molecular flexibility index (Phi) is 8.91. The predicted molar refractivity (Wildman–Crippen MR) is 267 cm³/mol. The summed E-state index contributed by atoms with van der Waals surface area (Å²) >= 11 is 0. The highest BCUT2D eigenvalue weighted by atomic mass is 15.1. The molecule has 0 spiro atoms. The van der Waals surface area contributed by atoms with E-state index in [1.54, 1.807) is 0 Å². The zero-order valence-corrected chi connectivity index (χ0v) is 35.7.